The van der Waals surface area contributed by atoms with Gasteiger partial charge in [0.1, 0.15) is 0 Å². The summed E-state index contributed by atoms with van der Waals surface area (Å²) in [5.74, 6) is 1.67. The van der Waals surface area contributed by atoms with Crippen molar-refractivity contribution in [3.63, 3.8) is 0 Å². The Hall–Kier alpha value is -2.09. The zero-order valence-corrected chi connectivity index (χ0v) is 11.2. The van der Waals surface area contributed by atoms with E-state index in [0.29, 0.717) is 23.8 Å². The smallest absolute Gasteiger partial charge is 0.0489 e. The van der Waals surface area contributed by atoms with E-state index in [4.69, 9.17) is 0 Å². The largest absolute Gasteiger partial charge is 0.384 e. The molecule has 2 unspecified atom stereocenters. The van der Waals surface area contributed by atoms with Crippen molar-refractivity contribution in [1.29, 1.82) is 0 Å². The minimum atomic E-state index is 0.463. The van der Waals surface area contributed by atoms with Crippen LogP contribution in [0.15, 0.2) is 53.2 Å². The van der Waals surface area contributed by atoms with E-state index < -0.39 is 0 Å². The summed E-state index contributed by atoms with van der Waals surface area (Å²) in [5.41, 5.74) is 2.84. The maximum Gasteiger partial charge on any atom is 0.0489 e. The lowest BCUT2D eigenvalue weighted by Gasteiger charge is -2.41. The van der Waals surface area contributed by atoms with Crippen LogP contribution in [0.5, 0.6) is 0 Å². The minimum Gasteiger partial charge on any atom is -0.384 e. The molecule has 0 spiro atoms. The molecule has 1 aromatic rings. The van der Waals surface area contributed by atoms with Crippen LogP contribution in [-0.2, 0) is 0 Å². The Morgan fingerprint density at radius 1 is 1.20 bits per heavy atom. The summed E-state index contributed by atoms with van der Waals surface area (Å²) in [5, 5.41) is 6.36. The Morgan fingerprint density at radius 3 is 3.15 bits per heavy atom. The van der Waals surface area contributed by atoms with Gasteiger partial charge >= 0.3 is 0 Å². The van der Waals surface area contributed by atoms with Crippen LogP contribution in [0.25, 0.3) is 11.8 Å². The molecule has 2 heteroatoms. The van der Waals surface area contributed by atoms with Gasteiger partial charge in [-0.25, -0.2) is 0 Å². The molecule has 0 aromatic heterocycles. The van der Waals surface area contributed by atoms with E-state index in [2.05, 4.69) is 65.2 Å². The molecular weight excluding hydrogens is 244 g/mol. The zero-order valence-electron chi connectivity index (χ0n) is 11.2. The second-order valence-electron chi connectivity index (χ2n) is 6.11. The first-order valence-electron chi connectivity index (χ1n) is 7.40. The number of aliphatic imine (C=N–C) groups is 1. The molecule has 1 saturated carbocycles. The van der Waals surface area contributed by atoms with Crippen LogP contribution >= 0.6 is 0 Å². The fourth-order valence-corrected chi connectivity index (χ4v) is 4.32. The predicted molar refractivity (Wildman–Crippen MR) is 81.3 cm³/mol. The Morgan fingerprint density at radius 2 is 2.15 bits per heavy atom. The molecule has 1 fully saturated rings. The van der Waals surface area contributed by atoms with E-state index >= 15 is 0 Å². The van der Waals surface area contributed by atoms with E-state index in [1.807, 2.05) is 0 Å². The lowest BCUT2D eigenvalue weighted by atomic mass is 9.65. The average molecular weight is 260 g/mol. The first kappa shape index (κ1) is 10.7. The minimum absolute atomic E-state index is 0.463. The van der Waals surface area contributed by atoms with E-state index in [-0.39, 0.29) is 0 Å². The first-order chi connectivity index (χ1) is 9.92. The molecule has 0 radical (unpaired) electrons. The highest BCUT2D eigenvalue weighted by Gasteiger charge is 2.44. The summed E-state index contributed by atoms with van der Waals surface area (Å²) in [4.78, 5) is 4.65. The standard InChI is InChI=1S/C18H16N2/c1-2-5-13-11(4-1)9-20-16-8-12-10-19-15-7-3-6-14(17(12)15)18(13)16/h1-7,9-10,12,14,16-17,20H,8H2/t12-,14?,16?,17-/m1/s1. The van der Waals surface area contributed by atoms with Crippen LogP contribution in [0.3, 0.4) is 0 Å². The molecule has 0 amide bonds. The summed E-state index contributed by atoms with van der Waals surface area (Å²) in [7, 11) is 0. The highest BCUT2D eigenvalue weighted by atomic mass is 14.9. The molecular formula is C18H16N2. The summed E-state index contributed by atoms with van der Waals surface area (Å²) >= 11 is 0. The molecule has 0 saturated heterocycles. The molecule has 5 rings (SSSR count). The van der Waals surface area contributed by atoms with Crippen molar-refractivity contribution in [3.8, 4) is 0 Å². The summed E-state index contributed by atoms with van der Waals surface area (Å²) < 4.78 is 0. The lowest BCUT2D eigenvalue weighted by Crippen LogP contribution is -2.50. The summed E-state index contributed by atoms with van der Waals surface area (Å²) in [6, 6.07) is 9.21. The monoisotopic (exact) mass is 260 g/mol. The van der Waals surface area contributed by atoms with Crippen molar-refractivity contribution in [2.24, 2.45) is 22.7 Å². The number of nitrogens with zero attached hydrogens (tertiary/aromatic N) is 1. The second kappa shape index (κ2) is 3.72. The summed E-state index contributed by atoms with van der Waals surface area (Å²) in [6.45, 7) is 0. The molecule has 20 heavy (non-hydrogen) atoms. The molecule has 2 aliphatic carbocycles. The zero-order chi connectivity index (χ0) is 13.1. The second-order valence-corrected chi connectivity index (χ2v) is 6.11. The number of benzene rings is 1. The van der Waals surface area contributed by atoms with Gasteiger partial charge < -0.3 is 5.32 Å². The Kier molecular flexibility index (Phi) is 1.99. The van der Waals surface area contributed by atoms with Crippen molar-refractivity contribution in [1.82, 2.24) is 5.32 Å². The van der Waals surface area contributed by atoms with Gasteiger partial charge in [-0.05, 0) is 28.5 Å². The maximum absolute atomic E-state index is 4.65. The summed E-state index contributed by atoms with van der Waals surface area (Å²) in [6.07, 6.45) is 12.3. The quantitative estimate of drug-likeness (QED) is 0.748. The average Bonchev–Trinajstić information content (AvgIpc) is 2.92. The van der Waals surface area contributed by atoms with E-state index in [1.165, 1.54) is 16.1 Å². The van der Waals surface area contributed by atoms with Crippen LogP contribution in [0.4, 0.5) is 0 Å². The molecule has 4 aliphatic rings. The third kappa shape index (κ3) is 1.26. The molecule has 2 nitrogen and oxygen atoms in total. The van der Waals surface area contributed by atoms with Gasteiger partial charge in [-0.15, -0.1) is 0 Å². The predicted octanol–water partition coefficient (Wildman–Crippen LogP) is 1.34. The van der Waals surface area contributed by atoms with Crippen LogP contribution in [0, 0.1) is 17.8 Å². The van der Waals surface area contributed by atoms with Gasteiger partial charge in [-0.3, -0.25) is 4.99 Å². The maximum atomic E-state index is 4.65. The third-order valence-electron chi connectivity index (χ3n) is 5.14. The highest BCUT2D eigenvalue weighted by Crippen LogP contribution is 2.47. The Balaban J connectivity index is 1.80. The van der Waals surface area contributed by atoms with Crippen molar-refractivity contribution >= 4 is 18.0 Å². The normalized spacial score (nSPS) is 35.4. The van der Waals surface area contributed by atoms with Crippen LogP contribution in [0.2, 0.25) is 0 Å². The van der Waals surface area contributed by atoms with Crippen molar-refractivity contribution in [2.45, 2.75) is 12.5 Å². The topological polar surface area (TPSA) is 24.4 Å². The van der Waals surface area contributed by atoms with Gasteiger partial charge in [0.15, 0.2) is 0 Å². The van der Waals surface area contributed by atoms with Gasteiger partial charge in [-0.1, -0.05) is 36.4 Å². The van der Waals surface area contributed by atoms with E-state index in [0.717, 1.165) is 6.42 Å². The van der Waals surface area contributed by atoms with E-state index in [1.54, 1.807) is 5.57 Å². The molecule has 2 heterocycles. The molecule has 0 bridgehead atoms. The number of rotatable bonds is 0. The first-order valence-corrected chi connectivity index (χ1v) is 7.40. The molecule has 4 atom stereocenters. The Labute approximate surface area is 117 Å². The fourth-order valence-electron chi connectivity index (χ4n) is 4.32. The third-order valence-corrected chi connectivity index (χ3v) is 5.14. The SMILES string of the molecule is C1=CC2C3=c4ccccc4=CNC3C[C@@H]3C=NC(=C1)[C@@H]23. The molecule has 1 N–H and O–H groups in total. The molecule has 1 aromatic carbocycles. The lowest BCUT2D eigenvalue weighted by molar-refractivity contribution is 0.350. The number of fused-ring (bicyclic) bond motifs is 3. The van der Waals surface area contributed by atoms with Crippen LogP contribution in [0.1, 0.15) is 6.42 Å². The number of hydrogen-bond acceptors (Lipinski definition) is 2. The van der Waals surface area contributed by atoms with Crippen molar-refractivity contribution in [2.75, 3.05) is 0 Å². The van der Waals surface area contributed by atoms with Crippen LogP contribution in [-0.4, -0.2) is 12.3 Å². The van der Waals surface area contributed by atoms with E-state index in [9.17, 15) is 0 Å². The van der Waals surface area contributed by atoms with Crippen molar-refractivity contribution in [3.05, 3.63) is 58.6 Å². The van der Waals surface area contributed by atoms with Crippen LogP contribution < -0.4 is 15.8 Å². The Bertz CT molecular complexity index is 797. The van der Waals surface area contributed by atoms with Gasteiger partial charge in [0.25, 0.3) is 0 Å². The van der Waals surface area contributed by atoms with Gasteiger partial charge in [0.2, 0.25) is 0 Å². The molecule has 98 valence electrons. The van der Waals surface area contributed by atoms with Crippen molar-refractivity contribution < 1.29 is 0 Å². The van der Waals surface area contributed by atoms with Gasteiger partial charge in [0, 0.05) is 41.9 Å². The number of hydrogen-bond donors (Lipinski definition) is 1. The number of allylic oxidation sites excluding steroid dienone is 4. The fraction of sp³-hybridized carbons (Fsp3) is 0.278. The van der Waals surface area contributed by atoms with Gasteiger partial charge in [-0.2, -0.15) is 0 Å². The number of nitrogens with one attached hydrogen (secondary N) is 1. The highest BCUT2D eigenvalue weighted by molar-refractivity contribution is 5.74. The molecule has 2 aliphatic heterocycles. The van der Waals surface area contributed by atoms with Gasteiger partial charge in [0.05, 0.1) is 0 Å².